The average molecular weight is 221 g/mol. The van der Waals surface area contributed by atoms with Crippen LogP contribution in [-0.4, -0.2) is 6.54 Å². The van der Waals surface area contributed by atoms with E-state index in [9.17, 15) is 0 Å². The molecule has 0 amide bonds. The monoisotopic (exact) mass is 221 g/mol. The molecule has 1 aromatic heterocycles. The summed E-state index contributed by atoms with van der Waals surface area (Å²) < 4.78 is 5.50. The summed E-state index contributed by atoms with van der Waals surface area (Å²) in [6, 6.07) is 4.48. The summed E-state index contributed by atoms with van der Waals surface area (Å²) in [6.45, 7) is 3.17. The molecule has 1 saturated carbocycles. The zero-order chi connectivity index (χ0) is 11.2. The van der Waals surface area contributed by atoms with Crippen molar-refractivity contribution < 1.29 is 4.42 Å². The quantitative estimate of drug-likeness (QED) is 0.788. The van der Waals surface area contributed by atoms with Gasteiger partial charge < -0.3 is 9.73 Å². The summed E-state index contributed by atoms with van der Waals surface area (Å²) in [5, 5.41) is 3.52. The molecule has 1 unspecified atom stereocenters. The van der Waals surface area contributed by atoms with Crippen molar-refractivity contribution >= 4 is 0 Å². The van der Waals surface area contributed by atoms with Gasteiger partial charge in [0.05, 0.1) is 12.3 Å². The van der Waals surface area contributed by atoms with Gasteiger partial charge in [-0.15, -0.1) is 0 Å². The Labute approximate surface area is 98.4 Å². The first-order chi connectivity index (χ1) is 7.90. The molecule has 0 radical (unpaired) electrons. The van der Waals surface area contributed by atoms with Gasteiger partial charge in [-0.3, -0.25) is 0 Å². The third-order valence-corrected chi connectivity index (χ3v) is 3.68. The fourth-order valence-electron chi connectivity index (χ4n) is 2.78. The Morgan fingerprint density at radius 2 is 2.25 bits per heavy atom. The highest BCUT2D eigenvalue weighted by molar-refractivity contribution is 5.04. The number of rotatable bonds is 6. The molecule has 90 valence electrons. The van der Waals surface area contributed by atoms with E-state index < -0.39 is 0 Å². The zero-order valence-electron chi connectivity index (χ0n) is 10.2. The van der Waals surface area contributed by atoms with E-state index in [2.05, 4.69) is 18.3 Å². The molecule has 1 atom stereocenters. The topological polar surface area (TPSA) is 25.2 Å². The predicted octanol–water partition coefficient (Wildman–Crippen LogP) is 3.90. The molecule has 0 saturated heterocycles. The van der Waals surface area contributed by atoms with Gasteiger partial charge in [0.2, 0.25) is 0 Å². The van der Waals surface area contributed by atoms with Gasteiger partial charge in [-0.25, -0.2) is 0 Å². The maximum absolute atomic E-state index is 5.50. The summed E-state index contributed by atoms with van der Waals surface area (Å²) >= 11 is 0. The molecule has 1 aromatic rings. The standard InChI is InChI=1S/C14H23NO/c1-2-15-13(14-8-5-11-16-14)10-9-12-6-3-4-7-12/h5,8,11-13,15H,2-4,6-7,9-10H2,1H3. The summed E-state index contributed by atoms with van der Waals surface area (Å²) in [7, 11) is 0. The Balaban J connectivity index is 1.82. The van der Waals surface area contributed by atoms with Crippen LogP contribution < -0.4 is 5.32 Å². The van der Waals surface area contributed by atoms with Crippen LogP contribution in [0, 0.1) is 5.92 Å². The SMILES string of the molecule is CCNC(CCC1CCCC1)c1ccco1. The maximum atomic E-state index is 5.50. The van der Waals surface area contributed by atoms with Crippen molar-refractivity contribution in [3.8, 4) is 0 Å². The van der Waals surface area contributed by atoms with Gasteiger partial charge in [-0.05, 0) is 37.4 Å². The smallest absolute Gasteiger partial charge is 0.120 e. The molecule has 1 aliphatic rings. The molecular formula is C14H23NO. The fraction of sp³-hybridized carbons (Fsp3) is 0.714. The molecule has 0 aromatic carbocycles. The third-order valence-electron chi connectivity index (χ3n) is 3.68. The molecule has 1 heterocycles. The first-order valence-corrected chi connectivity index (χ1v) is 6.67. The largest absolute Gasteiger partial charge is 0.468 e. The van der Waals surface area contributed by atoms with Gasteiger partial charge in [0.25, 0.3) is 0 Å². The van der Waals surface area contributed by atoms with Gasteiger partial charge in [-0.2, -0.15) is 0 Å². The molecule has 2 rings (SSSR count). The molecule has 2 heteroatoms. The van der Waals surface area contributed by atoms with Crippen molar-refractivity contribution in [2.24, 2.45) is 5.92 Å². The summed E-state index contributed by atoms with van der Waals surface area (Å²) in [5.41, 5.74) is 0. The number of furan rings is 1. The van der Waals surface area contributed by atoms with Crippen LogP contribution in [0.1, 0.15) is 57.3 Å². The van der Waals surface area contributed by atoms with Crippen LogP contribution in [0.4, 0.5) is 0 Å². The number of nitrogens with one attached hydrogen (secondary N) is 1. The van der Waals surface area contributed by atoms with E-state index in [0.717, 1.165) is 18.2 Å². The van der Waals surface area contributed by atoms with E-state index in [0.29, 0.717) is 6.04 Å². The second-order valence-electron chi connectivity index (χ2n) is 4.85. The summed E-state index contributed by atoms with van der Waals surface area (Å²) in [5.74, 6) is 2.07. The number of hydrogen-bond donors (Lipinski definition) is 1. The van der Waals surface area contributed by atoms with Crippen molar-refractivity contribution in [2.75, 3.05) is 6.54 Å². The Kier molecular flexibility index (Phi) is 4.46. The summed E-state index contributed by atoms with van der Waals surface area (Å²) in [4.78, 5) is 0. The summed E-state index contributed by atoms with van der Waals surface area (Å²) in [6.07, 6.45) is 10.1. The highest BCUT2D eigenvalue weighted by Gasteiger charge is 2.19. The first-order valence-electron chi connectivity index (χ1n) is 6.67. The minimum absolute atomic E-state index is 0.417. The minimum atomic E-state index is 0.417. The first kappa shape index (κ1) is 11.7. The van der Waals surface area contributed by atoms with Crippen LogP contribution in [0.2, 0.25) is 0 Å². The predicted molar refractivity (Wildman–Crippen MR) is 66.3 cm³/mol. The van der Waals surface area contributed by atoms with Crippen LogP contribution in [0.5, 0.6) is 0 Å². The zero-order valence-corrected chi connectivity index (χ0v) is 10.2. The molecule has 2 nitrogen and oxygen atoms in total. The van der Waals surface area contributed by atoms with Crippen LogP contribution in [0.25, 0.3) is 0 Å². The number of hydrogen-bond acceptors (Lipinski definition) is 2. The van der Waals surface area contributed by atoms with Crippen LogP contribution in [0.3, 0.4) is 0 Å². The molecular weight excluding hydrogens is 198 g/mol. The second kappa shape index (κ2) is 6.09. The average Bonchev–Trinajstić information content (AvgIpc) is 2.96. The lowest BCUT2D eigenvalue weighted by Gasteiger charge is -2.17. The molecule has 1 aliphatic carbocycles. The minimum Gasteiger partial charge on any atom is -0.468 e. The lowest BCUT2D eigenvalue weighted by molar-refractivity contribution is 0.364. The van der Waals surface area contributed by atoms with Gasteiger partial charge in [0.15, 0.2) is 0 Å². The second-order valence-corrected chi connectivity index (χ2v) is 4.85. The lowest BCUT2D eigenvalue weighted by Crippen LogP contribution is -2.21. The molecule has 1 fully saturated rings. The van der Waals surface area contributed by atoms with E-state index >= 15 is 0 Å². The van der Waals surface area contributed by atoms with Crippen LogP contribution >= 0.6 is 0 Å². The van der Waals surface area contributed by atoms with E-state index in [4.69, 9.17) is 4.42 Å². The Hall–Kier alpha value is -0.760. The van der Waals surface area contributed by atoms with Crippen molar-refractivity contribution in [1.82, 2.24) is 5.32 Å². The van der Waals surface area contributed by atoms with Gasteiger partial charge in [0.1, 0.15) is 5.76 Å². The van der Waals surface area contributed by atoms with Gasteiger partial charge >= 0.3 is 0 Å². The normalized spacial score (nSPS) is 19.1. The Bertz CT molecular complexity index is 275. The van der Waals surface area contributed by atoms with Crippen LogP contribution in [-0.2, 0) is 0 Å². The highest BCUT2D eigenvalue weighted by atomic mass is 16.3. The van der Waals surface area contributed by atoms with Crippen molar-refractivity contribution in [2.45, 2.75) is 51.5 Å². The van der Waals surface area contributed by atoms with E-state index in [1.165, 1.54) is 38.5 Å². The highest BCUT2D eigenvalue weighted by Crippen LogP contribution is 2.31. The molecule has 16 heavy (non-hydrogen) atoms. The lowest BCUT2D eigenvalue weighted by atomic mass is 9.97. The Morgan fingerprint density at radius 3 is 2.88 bits per heavy atom. The maximum Gasteiger partial charge on any atom is 0.120 e. The van der Waals surface area contributed by atoms with E-state index in [-0.39, 0.29) is 0 Å². The molecule has 1 N–H and O–H groups in total. The molecule has 0 bridgehead atoms. The van der Waals surface area contributed by atoms with Crippen molar-refractivity contribution in [3.05, 3.63) is 24.2 Å². The van der Waals surface area contributed by atoms with Crippen LogP contribution in [0.15, 0.2) is 22.8 Å². The molecule has 0 aliphatic heterocycles. The Morgan fingerprint density at radius 1 is 1.44 bits per heavy atom. The van der Waals surface area contributed by atoms with E-state index in [1.54, 1.807) is 6.26 Å². The van der Waals surface area contributed by atoms with E-state index in [1.807, 2.05) is 6.07 Å². The van der Waals surface area contributed by atoms with Gasteiger partial charge in [-0.1, -0.05) is 32.6 Å². The third kappa shape index (κ3) is 3.11. The fourth-order valence-corrected chi connectivity index (χ4v) is 2.78. The van der Waals surface area contributed by atoms with Crippen molar-refractivity contribution in [3.63, 3.8) is 0 Å². The van der Waals surface area contributed by atoms with Crippen molar-refractivity contribution in [1.29, 1.82) is 0 Å². The molecule has 0 spiro atoms. The van der Waals surface area contributed by atoms with Gasteiger partial charge in [0, 0.05) is 0 Å².